The Morgan fingerprint density at radius 2 is 2.50 bits per heavy atom. The molecule has 1 heterocycles. The Balaban J connectivity index is 2.65. The number of pyridine rings is 1. The molecule has 1 aromatic rings. The molecule has 0 aliphatic heterocycles. The van der Waals surface area contributed by atoms with Crippen LogP contribution in [-0.2, 0) is 0 Å². The molecule has 0 spiro atoms. The number of nitro groups is 1. The predicted octanol–water partition coefficient (Wildman–Crippen LogP) is 1.42. The number of terminal acetylenes is 1. The van der Waals surface area contributed by atoms with Gasteiger partial charge in [0.25, 0.3) is 5.69 Å². The highest BCUT2D eigenvalue weighted by Gasteiger charge is 2.05. The van der Waals surface area contributed by atoms with E-state index < -0.39 is 4.92 Å². The van der Waals surface area contributed by atoms with Crippen LogP contribution in [0.1, 0.15) is 6.42 Å². The van der Waals surface area contributed by atoms with Crippen LogP contribution in [0.3, 0.4) is 0 Å². The van der Waals surface area contributed by atoms with Crippen LogP contribution in [0.5, 0.6) is 0 Å². The number of nitrogens with one attached hydrogen (secondary N) is 1. The van der Waals surface area contributed by atoms with Crippen molar-refractivity contribution in [1.82, 2.24) is 4.98 Å². The Labute approximate surface area is 81.3 Å². The van der Waals surface area contributed by atoms with Crippen LogP contribution in [-0.4, -0.2) is 16.5 Å². The summed E-state index contributed by atoms with van der Waals surface area (Å²) in [5, 5.41) is 13.3. The van der Waals surface area contributed by atoms with Crippen molar-refractivity contribution in [2.75, 3.05) is 11.9 Å². The lowest BCUT2D eigenvalue weighted by Gasteiger charge is -2.01. The van der Waals surface area contributed by atoms with E-state index in [-0.39, 0.29) is 5.69 Å². The SMILES string of the molecule is C#CCCNc1cc([N+](=O)[O-])ccn1. The van der Waals surface area contributed by atoms with Gasteiger partial charge in [-0.05, 0) is 0 Å². The minimum absolute atomic E-state index is 0.0169. The lowest BCUT2D eigenvalue weighted by atomic mass is 10.4. The van der Waals surface area contributed by atoms with Gasteiger partial charge >= 0.3 is 0 Å². The van der Waals surface area contributed by atoms with Crippen molar-refractivity contribution in [1.29, 1.82) is 0 Å². The molecule has 0 bridgehead atoms. The van der Waals surface area contributed by atoms with Gasteiger partial charge in [0.2, 0.25) is 0 Å². The van der Waals surface area contributed by atoms with Gasteiger partial charge in [0.15, 0.2) is 0 Å². The minimum Gasteiger partial charge on any atom is -0.369 e. The van der Waals surface area contributed by atoms with Gasteiger partial charge in [-0.3, -0.25) is 10.1 Å². The van der Waals surface area contributed by atoms with E-state index in [1.807, 2.05) is 0 Å². The normalized spacial score (nSPS) is 9.07. The number of aromatic nitrogens is 1. The molecule has 5 nitrogen and oxygen atoms in total. The molecule has 0 amide bonds. The van der Waals surface area contributed by atoms with E-state index in [0.29, 0.717) is 18.8 Å². The Morgan fingerprint density at radius 1 is 1.71 bits per heavy atom. The molecule has 72 valence electrons. The second kappa shape index (κ2) is 4.82. The van der Waals surface area contributed by atoms with E-state index in [0.717, 1.165) is 0 Å². The molecule has 0 radical (unpaired) electrons. The molecule has 1 rings (SSSR count). The van der Waals surface area contributed by atoms with Gasteiger partial charge in [-0.25, -0.2) is 4.98 Å². The number of nitrogens with zero attached hydrogens (tertiary/aromatic N) is 2. The molecule has 0 unspecified atom stereocenters. The van der Waals surface area contributed by atoms with Gasteiger partial charge in [-0.1, -0.05) is 0 Å². The lowest BCUT2D eigenvalue weighted by molar-refractivity contribution is -0.384. The van der Waals surface area contributed by atoms with Crippen LogP contribution in [0.4, 0.5) is 11.5 Å². The highest BCUT2D eigenvalue weighted by molar-refractivity contribution is 5.44. The maximum atomic E-state index is 10.4. The molecule has 14 heavy (non-hydrogen) atoms. The van der Waals surface area contributed by atoms with Crippen molar-refractivity contribution >= 4 is 11.5 Å². The van der Waals surface area contributed by atoms with E-state index in [9.17, 15) is 10.1 Å². The van der Waals surface area contributed by atoms with Crippen LogP contribution in [0, 0.1) is 22.5 Å². The summed E-state index contributed by atoms with van der Waals surface area (Å²) in [6, 6.07) is 2.71. The van der Waals surface area contributed by atoms with Crippen molar-refractivity contribution in [3.8, 4) is 12.3 Å². The summed E-state index contributed by atoms with van der Waals surface area (Å²) in [5.74, 6) is 2.92. The summed E-state index contributed by atoms with van der Waals surface area (Å²) < 4.78 is 0. The summed E-state index contributed by atoms with van der Waals surface area (Å²) in [5.41, 5.74) is 0.0169. The molecule has 5 heteroatoms. The third kappa shape index (κ3) is 2.75. The van der Waals surface area contributed by atoms with Crippen LogP contribution < -0.4 is 5.32 Å². The fourth-order valence-corrected chi connectivity index (χ4v) is 0.892. The second-order valence-corrected chi connectivity index (χ2v) is 2.54. The second-order valence-electron chi connectivity index (χ2n) is 2.54. The van der Waals surface area contributed by atoms with E-state index in [1.54, 1.807) is 0 Å². The molecule has 0 aliphatic carbocycles. The minimum atomic E-state index is -0.464. The molecule has 0 aliphatic rings. The summed E-state index contributed by atoms with van der Waals surface area (Å²) >= 11 is 0. The van der Waals surface area contributed by atoms with E-state index in [4.69, 9.17) is 6.42 Å². The summed E-state index contributed by atoms with van der Waals surface area (Å²) in [6.45, 7) is 0.560. The fraction of sp³-hybridized carbons (Fsp3) is 0.222. The lowest BCUT2D eigenvalue weighted by Crippen LogP contribution is -2.02. The third-order valence-corrected chi connectivity index (χ3v) is 1.53. The molecular formula is C9H9N3O2. The highest BCUT2D eigenvalue weighted by atomic mass is 16.6. The van der Waals surface area contributed by atoms with Gasteiger partial charge in [0.1, 0.15) is 5.82 Å². The van der Waals surface area contributed by atoms with Crippen molar-refractivity contribution < 1.29 is 4.92 Å². The van der Waals surface area contributed by atoms with E-state index in [2.05, 4.69) is 16.2 Å². The van der Waals surface area contributed by atoms with Crippen molar-refractivity contribution in [3.05, 3.63) is 28.4 Å². The number of hydrogen-bond donors (Lipinski definition) is 1. The van der Waals surface area contributed by atoms with Crippen molar-refractivity contribution in [2.24, 2.45) is 0 Å². The summed E-state index contributed by atoms with van der Waals surface area (Å²) in [4.78, 5) is 13.8. The van der Waals surface area contributed by atoms with Gasteiger partial charge in [0.05, 0.1) is 11.0 Å². The van der Waals surface area contributed by atoms with Crippen LogP contribution in [0.25, 0.3) is 0 Å². The molecular weight excluding hydrogens is 182 g/mol. The quantitative estimate of drug-likeness (QED) is 0.338. The number of hydrogen-bond acceptors (Lipinski definition) is 4. The molecule has 0 fully saturated rings. The number of rotatable bonds is 4. The Kier molecular flexibility index (Phi) is 3.44. The average Bonchev–Trinajstić information content (AvgIpc) is 2.19. The zero-order valence-electron chi connectivity index (χ0n) is 7.43. The first-order valence-electron chi connectivity index (χ1n) is 4.02. The van der Waals surface area contributed by atoms with Crippen LogP contribution in [0.2, 0.25) is 0 Å². The average molecular weight is 191 g/mol. The molecule has 0 saturated heterocycles. The maximum absolute atomic E-state index is 10.4. The number of anilines is 1. The van der Waals surface area contributed by atoms with Gasteiger partial charge < -0.3 is 5.32 Å². The van der Waals surface area contributed by atoms with Gasteiger partial charge in [-0.15, -0.1) is 12.3 Å². The highest BCUT2D eigenvalue weighted by Crippen LogP contribution is 2.13. The third-order valence-electron chi connectivity index (χ3n) is 1.53. The predicted molar refractivity (Wildman–Crippen MR) is 52.8 cm³/mol. The Hall–Kier alpha value is -2.09. The van der Waals surface area contributed by atoms with Gasteiger partial charge in [0, 0.05) is 25.2 Å². The smallest absolute Gasteiger partial charge is 0.274 e. The van der Waals surface area contributed by atoms with Crippen LogP contribution in [0.15, 0.2) is 18.3 Å². The first kappa shape index (κ1) is 9.99. The van der Waals surface area contributed by atoms with Crippen molar-refractivity contribution in [3.63, 3.8) is 0 Å². The fourth-order valence-electron chi connectivity index (χ4n) is 0.892. The molecule has 0 atom stereocenters. The zero-order chi connectivity index (χ0) is 10.4. The first-order chi connectivity index (χ1) is 6.74. The summed E-state index contributed by atoms with van der Waals surface area (Å²) in [7, 11) is 0. The molecule has 1 N–H and O–H groups in total. The Morgan fingerprint density at radius 3 is 3.14 bits per heavy atom. The first-order valence-corrected chi connectivity index (χ1v) is 4.02. The van der Waals surface area contributed by atoms with Crippen LogP contribution >= 0.6 is 0 Å². The summed E-state index contributed by atoms with van der Waals surface area (Å²) in [6.07, 6.45) is 7.00. The largest absolute Gasteiger partial charge is 0.369 e. The van der Waals surface area contributed by atoms with Crippen molar-refractivity contribution in [2.45, 2.75) is 6.42 Å². The monoisotopic (exact) mass is 191 g/mol. The Bertz CT molecular complexity index is 371. The molecule has 0 saturated carbocycles. The molecule has 0 aromatic carbocycles. The van der Waals surface area contributed by atoms with E-state index in [1.165, 1.54) is 18.3 Å². The molecule has 1 aromatic heterocycles. The van der Waals surface area contributed by atoms with E-state index >= 15 is 0 Å². The maximum Gasteiger partial charge on any atom is 0.274 e. The standard InChI is InChI=1S/C9H9N3O2/c1-2-3-5-10-9-7-8(12(13)14)4-6-11-9/h1,4,6-7H,3,5H2,(H,10,11). The van der Waals surface area contributed by atoms with Gasteiger partial charge in [-0.2, -0.15) is 0 Å². The zero-order valence-corrected chi connectivity index (χ0v) is 7.43. The topological polar surface area (TPSA) is 68.1 Å².